The molecule has 4 heteroatoms. The lowest BCUT2D eigenvalue weighted by Gasteiger charge is -2.04. The number of ether oxygens (including phenoxy) is 1. The summed E-state index contributed by atoms with van der Waals surface area (Å²) in [5.74, 6) is -0.132. The van der Waals surface area contributed by atoms with Crippen LogP contribution in [-0.4, -0.2) is 19.1 Å². The second-order valence-electron chi connectivity index (χ2n) is 3.31. The maximum absolute atomic E-state index is 11.0. The highest BCUT2D eigenvalue weighted by atomic mass is 32.1. The topological polar surface area (TPSA) is 38.3 Å². The summed E-state index contributed by atoms with van der Waals surface area (Å²) in [5.41, 5.74) is 2.62. The van der Waals surface area contributed by atoms with E-state index in [-0.39, 0.29) is 5.97 Å². The van der Waals surface area contributed by atoms with Crippen LogP contribution in [0.5, 0.6) is 0 Å². The zero-order chi connectivity index (χ0) is 11.1. The summed E-state index contributed by atoms with van der Waals surface area (Å²) in [6, 6.07) is 0. The lowest BCUT2D eigenvalue weighted by Crippen LogP contribution is -2.19. The Balaban J connectivity index is 2.12. The van der Waals surface area contributed by atoms with Gasteiger partial charge in [-0.15, -0.1) is 0 Å². The minimum atomic E-state index is -0.132. The van der Waals surface area contributed by atoms with E-state index in [1.165, 1.54) is 11.1 Å². The third-order valence-electron chi connectivity index (χ3n) is 2.09. The number of thiophene rings is 1. The van der Waals surface area contributed by atoms with Crippen LogP contribution in [0, 0.1) is 6.92 Å². The Hall–Kier alpha value is -0.870. The number of nitrogens with one attached hydrogen (secondary N) is 1. The highest BCUT2D eigenvalue weighted by Gasteiger charge is 2.01. The van der Waals surface area contributed by atoms with Gasteiger partial charge in [-0.1, -0.05) is 0 Å². The molecule has 1 N–H and O–H groups in total. The zero-order valence-electron chi connectivity index (χ0n) is 9.21. The van der Waals surface area contributed by atoms with E-state index < -0.39 is 0 Å². The molecule has 0 fully saturated rings. The summed E-state index contributed by atoms with van der Waals surface area (Å²) >= 11 is 1.71. The summed E-state index contributed by atoms with van der Waals surface area (Å²) in [6.45, 7) is 5.88. The summed E-state index contributed by atoms with van der Waals surface area (Å²) in [7, 11) is 0. The van der Waals surface area contributed by atoms with Crippen molar-refractivity contribution in [2.45, 2.75) is 26.8 Å². The fourth-order valence-corrected chi connectivity index (χ4v) is 2.07. The van der Waals surface area contributed by atoms with Crippen LogP contribution in [0.25, 0.3) is 0 Å². The Bertz CT molecular complexity index is 309. The van der Waals surface area contributed by atoms with Gasteiger partial charge in [0.15, 0.2) is 0 Å². The fourth-order valence-electron chi connectivity index (χ4n) is 1.21. The Morgan fingerprint density at radius 1 is 1.53 bits per heavy atom. The normalized spacial score (nSPS) is 10.3. The molecule has 0 radical (unpaired) electrons. The smallest absolute Gasteiger partial charge is 0.307 e. The van der Waals surface area contributed by atoms with Gasteiger partial charge in [0, 0.05) is 13.1 Å². The van der Waals surface area contributed by atoms with Crippen LogP contribution in [0.4, 0.5) is 0 Å². The predicted molar refractivity (Wildman–Crippen MR) is 62.0 cm³/mol. The first-order chi connectivity index (χ1) is 7.24. The molecule has 1 rings (SSSR count). The molecule has 0 atom stereocenters. The van der Waals surface area contributed by atoms with E-state index in [0.717, 1.165) is 6.54 Å². The van der Waals surface area contributed by atoms with Gasteiger partial charge in [-0.25, -0.2) is 0 Å². The van der Waals surface area contributed by atoms with Gasteiger partial charge in [-0.2, -0.15) is 11.3 Å². The first kappa shape index (κ1) is 12.2. The van der Waals surface area contributed by atoms with Crippen LogP contribution in [0.15, 0.2) is 10.8 Å². The average Bonchev–Trinajstić information content (AvgIpc) is 2.60. The van der Waals surface area contributed by atoms with Crippen molar-refractivity contribution in [3.8, 4) is 0 Å². The third-order valence-corrected chi connectivity index (χ3v) is 3.00. The number of carbonyl (C=O) groups excluding carboxylic acids is 1. The SMILES string of the molecule is CCOC(=O)CCNCc1cscc1C. The molecule has 1 heterocycles. The quantitative estimate of drug-likeness (QED) is 0.597. The van der Waals surface area contributed by atoms with E-state index in [4.69, 9.17) is 4.74 Å². The molecular formula is C11H17NO2S. The first-order valence-electron chi connectivity index (χ1n) is 5.12. The second-order valence-corrected chi connectivity index (χ2v) is 4.06. The van der Waals surface area contributed by atoms with Crippen LogP contribution < -0.4 is 5.32 Å². The maximum atomic E-state index is 11.0. The largest absolute Gasteiger partial charge is 0.466 e. The van der Waals surface area contributed by atoms with Crippen molar-refractivity contribution in [2.24, 2.45) is 0 Å². The molecule has 0 saturated carbocycles. The molecule has 3 nitrogen and oxygen atoms in total. The second kappa shape index (κ2) is 6.58. The molecule has 0 saturated heterocycles. The summed E-state index contributed by atoms with van der Waals surface area (Å²) in [5, 5.41) is 7.48. The van der Waals surface area contributed by atoms with Crippen LogP contribution in [0.3, 0.4) is 0 Å². The van der Waals surface area contributed by atoms with Crippen molar-refractivity contribution in [1.82, 2.24) is 5.32 Å². The lowest BCUT2D eigenvalue weighted by atomic mass is 10.2. The van der Waals surface area contributed by atoms with Gasteiger partial charge in [0.25, 0.3) is 0 Å². The Kier molecular flexibility index (Phi) is 5.36. The van der Waals surface area contributed by atoms with E-state index in [9.17, 15) is 4.79 Å². The van der Waals surface area contributed by atoms with Crippen LogP contribution in [0.2, 0.25) is 0 Å². The number of rotatable bonds is 6. The number of hydrogen-bond donors (Lipinski definition) is 1. The molecule has 0 spiro atoms. The lowest BCUT2D eigenvalue weighted by molar-refractivity contribution is -0.142. The first-order valence-corrected chi connectivity index (χ1v) is 6.06. The van der Waals surface area contributed by atoms with Crippen molar-refractivity contribution in [2.75, 3.05) is 13.2 Å². The van der Waals surface area contributed by atoms with Crippen molar-refractivity contribution < 1.29 is 9.53 Å². The van der Waals surface area contributed by atoms with E-state index in [0.29, 0.717) is 19.6 Å². The van der Waals surface area contributed by atoms with E-state index >= 15 is 0 Å². The van der Waals surface area contributed by atoms with Crippen LogP contribution in [0.1, 0.15) is 24.5 Å². The van der Waals surface area contributed by atoms with E-state index in [1.807, 2.05) is 6.92 Å². The molecular weight excluding hydrogens is 210 g/mol. The molecule has 0 aliphatic carbocycles. The van der Waals surface area contributed by atoms with Gasteiger partial charge in [-0.3, -0.25) is 4.79 Å². The van der Waals surface area contributed by atoms with Gasteiger partial charge in [0.2, 0.25) is 0 Å². The van der Waals surface area contributed by atoms with Crippen molar-refractivity contribution in [3.05, 3.63) is 21.9 Å². The van der Waals surface area contributed by atoms with Gasteiger partial charge >= 0.3 is 5.97 Å². The van der Waals surface area contributed by atoms with Gasteiger partial charge < -0.3 is 10.1 Å². The van der Waals surface area contributed by atoms with E-state index in [1.54, 1.807) is 11.3 Å². The molecule has 0 aliphatic heterocycles. The third kappa shape index (κ3) is 4.44. The number of carbonyl (C=O) groups is 1. The monoisotopic (exact) mass is 227 g/mol. The van der Waals surface area contributed by atoms with Crippen molar-refractivity contribution in [3.63, 3.8) is 0 Å². The highest BCUT2D eigenvalue weighted by molar-refractivity contribution is 7.08. The average molecular weight is 227 g/mol. The van der Waals surface area contributed by atoms with Gasteiger partial charge in [0.05, 0.1) is 13.0 Å². The number of hydrogen-bond acceptors (Lipinski definition) is 4. The summed E-state index contributed by atoms with van der Waals surface area (Å²) < 4.78 is 4.83. The molecule has 0 aromatic carbocycles. The molecule has 0 unspecified atom stereocenters. The Labute approximate surface area is 94.5 Å². The zero-order valence-corrected chi connectivity index (χ0v) is 10.0. The molecule has 1 aromatic rings. The Morgan fingerprint density at radius 3 is 2.93 bits per heavy atom. The minimum absolute atomic E-state index is 0.132. The van der Waals surface area contributed by atoms with Crippen LogP contribution >= 0.6 is 11.3 Å². The maximum Gasteiger partial charge on any atom is 0.307 e. The van der Waals surface area contributed by atoms with Crippen molar-refractivity contribution >= 4 is 17.3 Å². The molecule has 84 valence electrons. The van der Waals surface area contributed by atoms with Crippen molar-refractivity contribution in [1.29, 1.82) is 0 Å². The molecule has 1 aromatic heterocycles. The molecule has 15 heavy (non-hydrogen) atoms. The summed E-state index contributed by atoms with van der Waals surface area (Å²) in [6.07, 6.45) is 0.441. The minimum Gasteiger partial charge on any atom is -0.466 e. The standard InChI is InChI=1S/C11H17NO2S/c1-3-14-11(13)4-5-12-6-10-8-15-7-9(10)2/h7-8,12H,3-6H2,1-2H3. The number of aryl methyl sites for hydroxylation is 1. The molecule has 0 aliphatic rings. The fraction of sp³-hybridized carbons (Fsp3) is 0.545. The Morgan fingerprint density at radius 2 is 2.33 bits per heavy atom. The highest BCUT2D eigenvalue weighted by Crippen LogP contribution is 2.12. The van der Waals surface area contributed by atoms with Crippen LogP contribution in [-0.2, 0) is 16.1 Å². The molecule has 0 amide bonds. The van der Waals surface area contributed by atoms with Gasteiger partial charge in [0.1, 0.15) is 0 Å². The summed E-state index contributed by atoms with van der Waals surface area (Å²) in [4.78, 5) is 11.0. The number of esters is 1. The van der Waals surface area contributed by atoms with Gasteiger partial charge in [-0.05, 0) is 35.7 Å². The predicted octanol–water partition coefficient (Wildman–Crippen LogP) is 2.10. The molecule has 0 bridgehead atoms. The van der Waals surface area contributed by atoms with E-state index in [2.05, 4.69) is 23.0 Å².